The van der Waals surface area contributed by atoms with Crippen LogP contribution < -0.4 is 15.9 Å². The Kier molecular flexibility index (Phi) is 6.56. The number of fused-ring (bicyclic) bond motifs is 4. The molecule has 1 N–H and O–H groups in total. The van der Waals surface area contributed by atoms with Crippen LogP contribution in [0.3, 0.4) is 0 Å². The number of benzene rings is 1. The Labute approximate surface area is 220 Å². The van der Waals surface area contributed by atoms with Crippen molar-refractivity contribution in [2.45, 2.75) is 32.0 Å². The normalized spacial score (nSPS) is 22.1. The van der Waals surface area contributed by atoms with Gasteiger partial charge in [0.15, 0.2) is 5.76 Å². The van der Waals surface area contributed by atoms with E-state index in [4.69, 9.17) is 16.0 Å². The zero-order valence-corrected chi connectivity index (χ0v) is 21.4. The summed E-state index contributed by atoms with van der Waals surface area (Å²) in [5, 5.41) is 11.2. The van der Waals surface area contributed by atoms with Crippen molar-refractivity contribution in [1.82, 2.24) is 14.4 Å². The number of piperazine rings is 1. The number of aromatic nitrogens is 1. The maximum atomic E-state index is 12.6. The van der Waals surface area contributed by atoms with Gasteiger partial charge in [0.2, 0.25) is 11.2 Å². The summed E-state index contributed by atoms with van der Waals surface area (Å²) in [6.45, 7) is 6.57. The summed E-state index contributed by atoms with van der Waals surface area (Å²) in [7, 11) is 0. The van der Waals surface area contributed by atoms with Gasteiger partial charge in [-0.05, 0) is 42.7 Å². The molecule has 3 aromatic rings. The van der Waals surface area contributed by atoms with E-state index >= 15 is 0 Å². The van der Waals surface area contributed by atoms with E-state index in [-0.39, 0.29) is 11.3 Å². The molecule has 2 saturated heterocycles. The van der Waals surface area contributed by atoms with Crippen LogP contribution in [-0.4, -0.2) is 58.7 Å². The average Bonchev–Trinajstić information content (AvgIpc) is 2.89. The Hall–Kier alpha value is -3.07. The van der Waals surface area contributed by atoms with Crippen LogP contribution in [0.1, 0.15) is 29.6 Å². The number of halogens is 1. The number of nitrogens with zero attached hydrogens (tertiary/aromatic N) is 4. The number of rotatable bonds is 5. The van der Waals surface area contributed by atoms with Crippen LogP contribution in [0.25, 0.3) is 0 Å². The molecular formula is C28H31ClN4O4. The lowest BCUT2D eigenvalue weighted by Crippen LogP contribution is -2.46. The molecule has 3 aliphatic heterocycles. The molecule has 2 bridgehead atoms. The predicted molar refractivity (Wildman–Crippen MR) is 142 cm³/mol. The zero-order valence-electron chi connectivity index (χ0n) is 20.7. The number of hydrogen-bond acceptors (Lipinski definition) is 7. The minimum absolute atomic E-state index is 0.0730. The molecule has 2 fully saturated rings. The first kappa shape index (κ1) is 24.3. The predicted octanol–water partition coefficient (Wildman–Crippen LogP) is 3.10. The van der Waals surface area contributed by atoms with Crippen LogP contribution in [-0.2, 0) is 19.6 Å². The van der Waals surface area contributed by atoms with Crippen LogP contribution in [0, 0.1) is 5.92 Å². The third-order valence-electron chi connectivity index (χ3n) is 7.91. The van der Waals surface area contributed by atoms with Gasteiger partial charge in [0.1, 0.15) is 5.76 Å². The van der Waals surface area contributed by atoms with Gasteiger partial charge in [0.05, 0.1) is 13.1 Å². The summed E-state index contributed by atoms with van der Waals surface area (Å²) in [5.74, 6) is 1.29. The highest BCUT2D eigenvalue weighted by molar-refractivity contribution is 6.30. The molecule has 3 aliphatic rings. The van der Waals surface area contributed by atoms with Gasteiger partial charge in [-0.3, -0.25) is 19.4 Å². The van der Waals surface area contributed by atoms with E-state index in [0.717, 1.165) is 68.6 Å². The molecule has 0 amide bonds. The molecule has 2 aromatic heterocycles. The second kappa shape index (κ2) is 10.0. The summed E-state index contributed by atoms with van der Waals surface area (Å²) in [6.07, 6.45) is 1.08. The molecule has 0 aliphatic carbocycles. The van der Waals surface area contributed by atoms with Crippen molar-refractivity contribution in [2.75, 3.05) is 44.2 Å². The lowest BCUT2D eigenvalue weighted by molar-refractivity contribution is 0.105. The van der Waals surface area contributed by atoms with Crippen LogP contribution in [0.5, 0.6) is 5.75 Å². The van der Waals surface area contributed by atoms with E-state index in [1.54, 1.807) is 6.07 Å². The SMILES string of the molecule is O=c1cc(CN2CC3CC(C2)c2cccc(=O)n2C3)oc(CN2CCN(c3ccc(Cl)cc3)CC2)c1O. The molecular weight excluding hydrogens is 492 g/mol. The molecule has 2 unspecified atom stereocenters. The second-order valence-electron chi connectivity index (χ2n) is 10.5. The van der Waals surface area contributed by atoms with Crippen molar-refractivity contribution in [1.29, 1.82) is 0 Å². The molecule has 9 heteroatoms. The Bertz CT molecular complexity index is 1390. The minimum Gasteiger partial charge on any atom is -0.502 e. The van der Waals surface area contributed by atoms with E-state index in [1.807, 2.05) is 34.9 Å². The lowest BCUT2D eigenvalue weighted by atomic mass is 9.83. The quantitative estimate of drug-likeness (QED) is 0.551. The number of likely N-dealkylation sites (tertiary alicyclic amines) is 1. The van der Waals surface area contributed by atoms with Crippen LogP contribution in [0.2, 0.25) is 5.02 Å². The zero-order chi connectivity index (χ0) is 25.5. The number of hydrogen-bond donors (Lipinski definition) is 1. The van der Waals surface area contributed by atoms with Gasteiger partial charge in [-0.25, -0.2) is 0 Å². The first-order valence-corrected chi connectivity index (χ1v) is 13.3. The van der Waals surface area contributed by atoms with E-state index < -0.39 is 5.43 Å². The standard InChI is InChI=1S/C28H31ClN4O4/c29-21-4-6-22(7-5-21)32-10-8-30(9-11-32)18-26-28(36)25(34)13-23(37-26)17-31-14-19-12-20(16-31)24-2-1-3-27(35)33(24)15-19/h1-7,13,19-20,36H,8-12,14-18H2. The largest absolute Gasteiger partial charge is 0.502 e. The number of piperidine rings is 1. The summed E-state index contributed by atoms with van der Waals surface area (Å²) < 4.78 is 8.03. The fourth-order valence-corrected chi connectivity index (χ4v) is 6.26. The highest BCUT2D eigenvalue weighted by Crippen LogP contribution is 2.35. The van der Waals surface area contributed by atoms with E-state index in [0.29, 0.717) is 36.4 Å². The number of aromatic hydroxyl groups is 1. The Morgan fingerprint density at radius 3 is 2.49 bits per heavy atom. The first-order chi connectivity index (χ1) is 17.9. The molecule has 0 spiro atoms. The first-order valence-electron chi connectivity index (χ1n) is 12.9. The van der Waals surface area contributed by atoms with Crippen molar-refractivity contribution in [3.8, 4) is 5.75 Å². The Morgan fingerprint density at radius 2 is 1.70 bits per heavy atom. The van der Waals surface area contributed by atoms with Crippen molar-refractivity contribution >= 4 is 17.3 Å². The van der Waals surface area contributed by atoms with Crippen LogP contribution in [0.4, 0.5) is 5.69 Å². The fourth-order valence-electron chi connectivity index (χ4n) is 6.14. The third-order valence-corrected chi connectivity index (χ3v) is 8.16. The van der Waals surface area contributed by atoms with Gasteiger partial charge >= 0.3 is 0 Å². The average molecular weight is 523 g/mol. The van der Waals surface area contributed by atoms with Gasteiger partial charge < -0.3 is 19.0 Å². The number of anilines is 1. The van der Waals surface area contributed by atoms with Gasteiger partial charge in [-0.1, -0.05) is 17.7 Å². The highest BCUT2D eigenvalue weighted by atomic mass is 35.5. The van der Waals surface area contributed by atoms with Crippen molar-refractivity contribution in [3.63, 3.8) is 0 Å². The van der Waals surface area contributed by atoms with Crippen LogP contribution >= 0.6 is 11.6 Å². The van der Waals surface area contributed by atoms with Gasteiger partial charge in [0, 0.05) is 80.3 Å². The second-order valence-corrected chi connectivity index (χ2v) is 10.9. The van der Waals surface area contributed by atoms with E-state index in [9.17, 15) is 14.7 Å². The smallest absolute Gasteiger partial charge is 0.250 e. The molecule has 0 radical (unpaired) electrons. The Morgan fingerprint density at radius 1 is 0.919 bits per heavy atom. The molecule has 2 atom stereocenters. The van der Waals surface area contributed by atoms with Crippen molar-refractivity contribution < 1.29 is 9.52 Å². The molecule has 1 aromatic carbocycles. The molecule has 194 valence electrons. The van der Waals surface area contributed by atoms with Gasteiger partial charge in [0.25, 0.3) is 5.56 Å². The summed E-state index contributed by atoms with van der Waals surface area (Å²) in [4.78, 5) is 31.7. The summed E-state index contributed by atoms with van der Waals surface area (Å²) in [5.41, 5.74) is 1.91. The molecule has 5 heterocycles. The van der Waals surface area contributed by atoms with E-state index in [2.05, 4.69) is 20.8 Å². The summed E-state index contributed by atoms with van der Waals surface area (Å²) >= 11 is 6.01. The third kappa shape index (κ3) is 5.06. The van der Waals surface area contributed by atoms with E-state index in [1.165, 1.54) is 6.07 Å². The monoisotopic (exact) mass is 522 g/mol. The lowest BCUT2D eigenvalue weighted by Gasteiger charge is -2.42. The minimum atomic E-state index is -0.398. The highest BCUT2D eigenvalue weighted by Gasteiger charge is 2.34. The number of pyridine rings is 1. The van der Waals surface area contributed by atoms with Crippen molar-refractivity contribution in [2.24, 2.45) is 5.92 Å². The maximum absolute atomic E-state index is 12.6. The maximum Gasteiger partial charge on any atom is 0.250 e. The fraction of sp³-hybridized carbons (Fsp3) is 0.429. The molecule has 37 heavy (non-hydrogen) atoms. The van der Waals surface area contributed by atoms with Gasteiger partial charge in [-0.15, -0.1) is 0 Å². The Balaban J connectivity index is 1.12. The molecule has 0 saturated carbocycles. The topological polar surface area (TPSA) is 82.2 Å². The molecule has 6 rings (SSSR count). The van der Waals surface area contributed by atoms with Crippen LogP contribution in [0.15, 0.2) is 62.5 Å². The summed E-state index contributed by atoms with van der Waals surface area (Å²) in [6, 6.07) is 14.8. The molecule has 8 nitrogen and oxygen atoms in total. The van der Waals surface area contributed by atoms with Gasteiger partial charge in [-0.2, -0.15) is 0 Å². The van der Waals surface area contributed by atoms with Crippen molar-refractivity contribution in [3.05, 3.63) is 91.3 Å².